The Bertz CT molecular complexity index is 1680. The standard InChI is InChI=1S/C39H41N3O8S/c43-35(22-21-33(38(46)49-25-30-15-7-2-8-16-30)42-39(47)50-26-31-17-9-3-10-18-31)41-34(28-51-27-32-19-11-4-12-20-32)37(45)40-23-36(44)48-24-29-13-5-1-6-14-29/h1-20,33-34H,21-28H2,(H,40,45)(H,41,43)(H,42,47)/t33-,34-/m1/s1/i23+1,36+1,40+1. The summed E-state index contributed by atoms with van der Waals surface area (Å²) in [6.45, 7) is -0.370. The number of hydrogen-bond donors (Lipinski definition) is 3. The van der Waals surface area contributed by atoms with Crippen molar-refractivity contribution in [3.8, 4) is 0 Å². The minimum absolute atomic E-state index is 0.0177. The number of thioether (sulfide) groups is 1. The first kappa shape index (κ1) is 38.2. The van der Waals surface area contributed by atoms with Crippen LogP contribution >= 0.6 is 11.8 Å². The summed E-state index contributed by atoms with van der Waals surface area (Å²) in [5.74, 6) is -1.69. The van der Waals surface area contributed by atoms with Gasteiger partial charge in [0.25, 0.3) is 0 Å². The lowest BCUT2D eigenvalue weighted by Crippen LogP contribution is -2.50. The van der Waals surface area contributed by atoms with Gasteiger partial charge in [0.1, 0.15) is 38.4 Å². The minimum atomic E-state index is -1.21. The summed E-state index contributed by atoms with van der Waals surface area (Å²) in [4.78, 5) is 64.5. The molecule has 0 saturated carbocycles. The summed E-state index contributed by atoms with van der Waals surface area (Å²) in [6.07, 6.45) is -1.21. The molecule has 4 aromatic carbocycles. The van der Waals surface area contributed by atoms with Crippen molar-refractivity contribution in [3.05, 3.63) is 144 Å². The van der Waals surface area contributed by atoms with E-state index in [9.17, 15) is 24.0 Å². The number of hydrogen-bond acceptors (Lipinski definition) is 9. The van der Waals surface area contributed by atoms with Crippen LogP contribution in [-0.2, 0) is 59.0 Å². The van der Waals surface area contributed by atoms with Crippen LogP contribution in [0.5, 0.6) is 0 Å². The first-order valence-corrected chi connectivity index (χ1v) is 17.6. The predicted octanol–water partition coefficient (Wildman–Crippen LogP) is 5.08. The monoisotopic (exact) mass is 714 g/mol. The van der Waals surface area contributed by atoms with Gasteiger partial charge in [0.05, 0.1) is 0 Å². The Kier molecular flexibility index (Phi) is 16.1. The molecule has 4 rings (SSSR count). The van der Waals surface area contributed by atoms with Gasteiger partial charge >= 0.3 is 18.0 Å². The van der Waals surface area contributed by atoms with Crippen molar-refractivity contribution < 1.29 is 38.2 Å². The molecule has 51 heavy (non-hydrogen) atoms. The van der Waals surface area contributed by atoms with Gasteiger partial charge in [-0.15, -0.1) is 0 Å². The number of rotatable bonds is 19. The highest BCUT2D eigenvalue weighted by molar-refractivity contribution is 7.98. The fourth-order valence-electron chi connectivity index (χ4n) is 4.65. The van der Waals surface area contributed by atoms with Crippen LogP contribution in [0.25, 0.3) is 0 Å². The Hall–Kier alpha value is -5.62. The lowest BCUT2D eigenvalue weighted by atomic mass is 10.1. The van der Waals surface area contributed by atoms with Crippen LogP contribution in [0.3, 0.4) is 0 Å². The highest BCUT2D eigenvalue weighted by atomic mass is 32.2. The van der Waals surface area contributed by atoms with Crippen molar-refractivity contribution in [1.29, 1.82) is 0 Å². The lowest BCUT2D eigenvalue weighted by Gasteiger charge is -2.20. The summed E-state index contributed by atoms with van der Waals surface area (Å²) < 4.78 is 16.0. The fraction of sp³-hybridized carbons (Fsp3) is 0.256. The summed E-state index contributed by atoms with van der Waals surface area (Å²) in [5.41, 5.74) is 3.36. The molecule has 0 saturated heterocycles. The largest absolute Gasteiger partial charge is 0.460 e. The van der Waals surface area contributed by atoms with E-state index >= 15 is 0 Å². The van der Waals surface area contributed by atoms with Gasteiger partial charge in [0.2, 0.25) is 11.8 Å². The van der Waals surface area contributed by atoms with Gasteiger partial charge in [-0.3, -0.25) is 14.4 Å². The molecule has 3 N–H and O–H groups in total. The summed E-state index contributed by atoms with van der Waals surface area (Å²) >= 11 is 1.43. The molecule has 0 aliphatic rings. The van der Waals surface area contributed by atoms with E-state index < -0.39 is 41.9 Å². The molecule has 0 spiro atoms. The molecule has 266 valence electrons. The number of esters is 2. The molecule has 3 amide bonds. The maximum Gasteiger partial charge on any atom is 0.408 e. The maximum atomic E-state index is 13.2. The van der Waals surface area contributed by atoms with Gasteiger partial charge in [0.15, 0.2) is 0 Å². The molecule has 4 aromatic rings. The number of carbonyl (C=O) groups excluding carboxylic acids is 5. The molecule has 0 aliphatic carbocycles. The highest BCUT2D eigenvalue weighted by Crippen LogP contribution is 2.14. The highest BCUT2D eigenvalue weighted by Gasteiger charge is 2.26. The van der Waals surface area contributed by atoms with Crippen LogP contribution in [0.4, 0.5) is 4.79 Å². The predicted molar refractivity (Wildman–Crippen MR) is 193 cm³/mol. The molecular weight excluding hydrogens is 673 g/mol. The Labute approximate surface area is 301 Å². The van der Waals surface area contributed by atoms with Crippen LogP contribution in [0.1, 0.15) is 35.1 Å². The van der Waals surface area contributed by atoms with E-state index in [1.54, 1.807) is 24.3 Å². The van der Waals surface area contributed by atoms with Gasteiger partial charge in [-0.05, 0) is 28.7 Å². The van der Waals surface area contributed by atoms with Crippen LogP contribution in [0.2, 0.25) is 0 Å². The van der Waals surface area contributed by atoms with Gasteiger partial charge < -0.3 is 30.2 Å². The summed E-state index contributed by atoms with van der Waals surface area (Å²) in [5, 5.41) is 7.78. The molecule has 0 unspecified atom stereocenters. The first-order chi connectivity index (χ1) is 24.9. The average molecular weight is 715 g/mol. The fourth-order valence-corrected chi connectivity index (χ4v) is 5.67. The van der Waals surface area contributed by atoms with Crippen molar-refractivity contribution in [1.82, 2.24) is 16.0 Å². The maximum absolute atomic E-state index is 13.2. The van der Waals surface area contributed by atoms with E-state index in [-0.39, 0.29) is 45.0 Å². The van der Waals surface area contributed by atoms with Crippen LogP contribution in [-0.4, -0.2) is 54.2 Å². The summed E-state index contributed by atoms with van der Waals surface area (Å²) in [6, 6.07) is 34.7. The molecule has 2 atom stereocenters. The third-order valence-corrected chi connectivity index (χ3v) is 8.48. The summed E-state index contributed by atoms with van der Waals surface area (Å²) in [7, 11) is 0. The van der Waals surface area contributed by atoms with Crippen molar-refractivity contribution in [2.75, 3.05) is 12.3 Å². The van der Waals surface area contributed by atoms with E-state index in [4.69, 9.17) is 14.2 Å². The zero-order chi connectivity index (χ0) is 36.1. The van der Waals surface area contributed by atoms with Crippen LogP contribution < -0.4 is 16.0 Å². The zero-order valence-corrected chi connectivity index (χ0v) is 28.8. The lowest BCUT2D eigenvalue weighted by molar-refractivity contribution is -0.147. The Morgan fingerprint density at radius 1 is 0.569 bits per heavy atom. The van der Waals surface area contributed by atoms with Gasteiger partial charge in [0, 0.05) is 17.9 Å². The zero-order valence-electron chi connectivity index (χ0n) is 28.0. The Morgan fingerprint density at radius 2 is 1.06 bits per heavy atom. The van der Waals surface area contributed by atoms with E-state index in [1.165, 1.54) is 11.8 Å². The molecular formula is C39H41N3O8S. The van der Waals surface area contributed by atoms with Crippen molar-refractivity contribution in [2.45, 2.75) is 50.5 Å². The second kappa shape index (κ2) is 21.5. The molecule has 0 aromatic heterocycles. The van der Waals surface area contributed by atoms with Gasteiger partial charge in [-0.1, -0.05) is 121 Å². The van der Waals surface area contributed by atoms with E-state index in [0.717, 1.165) is 22.3 Å². The van der Waals surface area contributed by atoms with Crippen molar-refractivity contribution >= 4 is 41.6 Å². The molecule has 12 heteroatoms. The Morgan fingerprint density at radius 3 is 1.61 bits per heavy atom. The molecule has 0 heterocycles. The first-order valence-electron chi connectivity index (χ1n) is 16.4. The minimum Gasteiger partial charge on any atom is -0.460 e. The number of alkyl carbamates (subject to hydrolysis) is 1. The van der Waals surface area contributed by atoms with Crippen molar-refractivity contribution in [3.63, 3.8) is 0 Å². The third kappa shape index (κ3) is 14.8. The number of benzene rings is 4. The average Bonchev–Trinajstić information content (AvgIpc) is 3.17. The second-order valence-electron chi connectivity index (χ2n) is 11.4. The molecule has 11 nitrogen and oxygen atoms in total. The van der Waals surface area contributed by atoms with Crippen LogP contribution in [0, 0.1) is 0 Å². The van der Waals surface area contributed by atoms with E-state index in [2.05, 4.69) is 16.0 Å². The smallest absolute Gasteiger partial charge is 0.408 e. The van der Waals surface area contributed by atoms with E-state index in [1.807, 2.05) is 97.1 Å². The number of amides is 3. The Balaban J connectivity index is 1.34. The SMILES string of the molecule is O=C(CC[C@@H](NC(=O)OCc1ccccc1)C(=O)OCc1ccccc1)N[C@H](CSCc1ccccc1)C(=O)[15NH][13CH2][13C](=O)OCc1ccccc1. The number of nitrogens with one attached hydrogen (secondary N) is 3. The number of ether oxygens (including phenoxy) is 3. The third-order valence-electron chi connectivity index (χ3n) is 7.37. The molecule has 0 radical (unpaired) electrons. The number of carbonyl (C=O) groups is 5. The quantitative estimate of drug-likeness (QED) is 0.0523. The van der Waals surface area contributed by atoms with Gasteiger partial charge in [-0.25, -0.2) is 9.59 Å². The van der Waals surface area contributed by atoms with Gasteiger partial charge in [-0.2, -0.15) is 11.8 Å². The normalized spacial score (nSPS) is 11.7. The second-order valence-corrected chi connectivity index (χ2v) is 12.4. The van der Waals surface area contributed by atoms with Crippen LogP contribution in [0.15, 0.2) is 121 Å². The molecule has 0 fully saturated rings. The van der Waals surface area contributed by atoms with E-state index in [0.29, 0.717) is 5.75 Å². The molecule has 0 aliphatic heterocycles. The molecule has 0 bridgehead atoms. The topological polar surface area (TPSA) is 149 Å². The van der Waals surface area contributed by atoms with Crippen molar-refractivity contribution in [2.24, 2.45) is 0 Å².